The van der Waals surface area contributed by atoms with Crippen molar-refractivity contribution >= 4 is 10.9 Å². The maximum absolute atomic E-state index is 12.6. The summed E-state index contributed by atoms with van der Waals surface area (Å²) in [6.07, 6.45) is 0.978. The highest BCUT2D eigenvalue weighted by atomic mass is 16.5. The molecule has 0 amide bonds. The molecule has 1 atom stereocenters. The smallest absolute Gasteiger partial charge is 0.261 e. The van der Waals surface area contributed by atoms with E-state index in [1.54, 1.807) is 4.57 Å². The van der Waals surface area contributed by atoms with Gasteiger partial charge >= 0.3 is 0 Å². The Morgan fingerprint density at radius 1 is 1.15 bits per heavy atom. The molecule has 0 saturated carbocycles. The first-order chi connectivity index (χ1) is 12.7. The molecule has 0 aliphatic carbocycles. The van der Waals surface area contributed by atoms with Crippen molar-refractivity contribution in [3.8, 4) is 0 Å². The quantitative estimate of drug-likeness (QED) is 0.715. The second-order valence-electron chi connectivity index (χ2n) is 7.31. The molecule has 132 valence electrons. The third-order valence-corrected chi connectivity index (χ3v) is 5.76. The average molecular weight is 347 g/mol. The molecule has 2 aliphatic rings. The summed E-state index contributed by atoms with van der Waals surface area (Å²) >= 11 is 0. The first kappa shape index (κ1) is 15.7. The molecule has 1 unspecified atom stereocenters. The van der Waals surface area contributed by atoms with Gasteiger partial charge in [0, 0.05) is 20.1 Å². The first-order valence-corrected chi connectivity index (χ1v) is 9.06. The van der Waals surface area contributed by atoms with Gasteiger partial charge in [-0.15, -0.1) is 0 Å². The fourth-order valence-electron chi connectivity index (χ4n) is 4.32. The van der Waals surface area contributed by atoms with E-state index in [0.717, 1.165) is 30.9 Å². The van der Waals surface area contributed by atoms with Crippen molar-refractivity contribution in [3.05, 3.63) is 75.8 Å². The van der Waals surface area contributed by atoms with Gasteiger partial charge in [0.2, 0.25) is 0 Å². The van der Waals surface area contributed by atoms with E-state index < -0.39 is 0 Å². The number of ether oxygens (including phenoxy) is 1. The van der Waals surface area contributed by atoms with Crippen LogP contribution in [0.25, 0.3) is 10.9 Å². The van der Waals surface area contributed by atoms with Crippen LogP contribution in [0.4, 0.5) is 0 Å². The van der Waals surface area contributed by atoms with Crippen LogP contribution in [-0.2, 0) is 30.5 Å². The Bertz CT molecular complexity index is 1060. The van der Waals surface area contributed by atoms with Crippen molar-refractivity contribution in [2.24, 2.45) is 7.05 Å². The Balaban J connectivity index is 1.45. The normalized spacial score (nSPS) is 22.3. The van der Waals surface area contributed by atoms with E-state index in [1.807, 2.05) is 31.3 Å². The second-order valence-corrected chi connectivity index (χ2v) is 7.31. The standard InChI is InChI=1S/C21H21N3O2/c1-23-19(22-18-9-5-3-7-16(18)20(23)25)12-24-11-10-21(14-24)17-8-4-2-6-15(17)13-26-21/h2-9H,10-14H2,1H3. The van der Waals surface area contributed by atoms with E-state index in [0.29, 0.717) is 18.5 Å². The Kier molecular flexibility index (Phi) is 3.48. The molecule has 1 fully saturated rings. The van der Waals surface area contributed by atoms with Gasteiger partial charge in [0.15, 0.2) is 0 Å². The van der Waals surface area contributed by atoms with E-state index in [9.17, 15) is 4.79 Å². The summed E-state index contributed by atoms with van der Waals surface area (Å²) in [5, 5.41) is 0.671. The lowest BCUT2D eigenvalue weighted by Crippen LogP contribution is -2.32. The summed E-state index contributed by atoms with van der Waals surface area (Å²) in [5.41, 5.74) is 3.20. The summed E-state index contributed by atoms with van der Waals surface area (Å²) in [4.78, 5) is 19.7. The molecule has 3 aromatic rings. The average Bonchev–Trinajstić information content (AvgIpc) is 3.25. The van der Waals surface area contributed by atoms with Crippen LogP contribution in [0, 0.1) is 0 Å². The van der Waals surface area contributed by atoms with E-state index in [-0.39, 0.29) is 11.2 Å². The highest BCUT2D eigenvalue weighted by molar-refractivity contribution is 5.77. The van der Waals surface area contributed by atoms with E-state index in [2.05, 4.69) is 29.2 Å². The van der Waals surface area contributed by atoms with Crippen LogP contribution in [0.5, 0.6) is 0 Å². The minimum atomic E-state index is -0.202. The molecule has 1 spiro atoms. The molecule has 1 saturated heterocycles. The number of rotatable bonds is 2. The van der Waals surface area contributed by atoms with Crippen molar-refractivity contribution in [2.75, 3.05) is 13.1 Å². The number of aromatic nitrogens is 2. The summed E-state index contributed by atoms with van der Waals surface area (Å²) in [7, 11) is 1.81. The minimum absolute atomic E-state index is 0.0157. The van der Waals surface area contributed by atoms with Gasteiger partial charge in [0.05, 0.1) is 24.1 Å². The maximum Gasteiger partial charge on any atom is 0.261 e. The predicted molar refractivity (Wildman–Crippen MR) is 99.8 cm³/mol. The van der Waals surface area contributed by atoms with Crippen LogP contribution in [0.1, 0.15) is 23.4 Å². The van der Waals surface area contributed by atoms with E-state index in [1.165, 1.54) is 11.1 Å². The van der Waals surface area contributed by atoms with Crippen molar-refractivity contribution < 1.29 is 4.74 Å². The third kappa shape index (κ3) is 2.31. The number of fused-ring (bicyclic) bond motifs is 3. The van der Waals surface area contributed by atoms with Gasteiger partial charge in [0.1, 0.15) is 11.4 Å². The Morgan fingerprint density at radius 2 is 1.96 bits per heavy atom. The van der Waals surface area contributed by atoms with Gasteiger partial charge in [0.25, 0.3) is 5.56 Å². The zero-order chi connectivity index (χ0) is 17.7. The number of benzene rings is 2. The third-order valence-electron chi connectivity index (χ3n) is 5.76. The van der Waals surface area contributed by atoms with Gasteiger partial charge in [-0.05, 0) is 29.7 Å². The molecule has 5 heteroatoms. The number of likely N-dealkylation sites (tertiary alicyclic amines) is 1. The van der Waals surface area contributed by atoms with Gasteiger partial charge in [-0.3, -0.25) is 14.3 Å². The molecule has 5 rings (SSSR count). The van der Waals surface area contributed by atoms with Crippen LogP contribution in [0.2, 0.25) is 0 Å². The van der Waals surface area contributed by atoms with Crippen LogP contribution in [0.3, 0.4) is 0 Å². The number of para-hydroxylation sites is 1. The maximum atomic E-state index is 12.6. The topological polar surface area (TPSA) is 47.4 Å². The number of hydrogen-bond acceptors (Lipinski definition) is 4. The van der Waals surface area contributed by atoms with Crippen LogP contribution in [-0.4, -0.2) is 27.5 Å². The highest BCUT2D eigenvalue weighted by Crippen LogP contribution is 2.43. The van der Waals surface area contributed by atoms with Gasteiger partial charge < -0.3 is 4.74 Å². The molecular weight excluding hydrogens is 326 g/mol. The minimum Gasteiger partial charge on any atom is -0.364 e. The fraction of sp³-hybridized carbons (Fsp3) is 0.333. The molecule has 5 nitrogen and oxygen atoms in total. The van der Waals surface area contributed by atoms with Gasteiger partial charge in [-0.1, -0.05) is 36.4 Å². The van der Waals surface area contributed by atoms with Crippen molar-refractivity contribution in [1.29, 1.82) is 0 Å². The summed E-state index contributed by atoms with van der Waals surface area (Å²) in [6.45, 7) is 3.13. The predicted octanol–water partition coefficient (Wildman–Crippen LogP) is 2.56. The van der Waals surface area contributed by atoms with Crippen molar-refractivity contribution in [1.82, 2.24) is 14.5 Å². The summed E-state index contributed by atoms with van der Waals surface area (Å²) in [5.74, 6) is 0.803. The molecule has 1 aromatic heterocycles. The van der Waals surface area contributed by atoms with Crippen LogP contribution < -0.4 is 5.56 Å². The summed E-state index contributed by atoms with van der Waals surface area (Å²) < 4.78 is 7.91. The van der Waals surface area contributed by atoms with Gasteiger partial charge in [-0.25, -0.2) is 4.98 Å². The lowest BCUT2D eigenvalue weighted by atomic mass is 9.92. The van der Waals surface area contributed by atoms with Crippen LogP contribution in [0.15, 0.2) is 53.3 Å². The zero-order valence-corrected chi connectivity index (χ0v) is 14.8. The lowest BCUT2D eigenvalue weighted by molar-refractivity contribution is -0.0300. The summed E-state index contributed by atoms with van der Waals surface area (Å²) in [6, 6.07) is 16.0. The Morgan fingerprint density at radius 3 is 2.88 bits per heavy atom. The number of hydrogen-bond donors (Lipinski definition) is 0. The van der Waals surface area contributed by atoms with Crippen molar-refractivity contribution in [3.63, 3.8) is 0 Å². The van der Waals surface area contributed by atoms with E-state index >= 15 is 0 Å². The van der Waals surface area contributed by atoms with Crippen LogP contribution >= 0.6 is 0 Å². The molecule has 3 heterocycles. The van der Waals surface area contributed by atoms with Gasteiger partial charge in [-0.2, -0.15) is 0 Å². The molecule has 26 heavy (non-hydrogen) atoms. The lowest BCUT2D eigenvalue weighted by Gasteiger charge is -2.25. The van der Waals surface area contributed by atoms with Crippen molar-refractivity contribution in [2.45, 2.75) is 25.2 Å². The molecular formula is C21H21N3O2. The SMILES string of the molecule is Cn1c(CN2CCC3(C2)OCc2ccccc23)nc2ccccc2c1=O. The second kappa shape index (κ2) is 5.76. The molecule has 0 radical (unpaired) electrons. The molecule has 0 N–H and O–H groups in total. The first-order valence-electron chi connectivity index (χ1n) is 9.06. The molecule has 0 bridgehead atoms. The highest BCUT2D eigenvalue weighted by Gasteiger charge is 2.45. The molecule has 2 aromatic carbocycles. The monoisotopic (exact) mass is 347 g/mol. The largest absolute Gasteiger partial charge is 0.364 e. The Labute approximate surface area is 151 Å². The Hall–Kier alpha value is -2.50. The fourth-order valence-corrected chi connectivity index (χ4v) is 4.32. The zero-order valence-electron chi connectivity index (χ0n) is 14.8. The van der Waals surface area contributed by atoms with E-state index in [4.69, 9.17) is 9.72 Å². The number of nitrogens with zero attached hydrogens (tertiary/aromatic N) is 3. The molecule has 2 aliphatic heterocycles.